The normalized spacial score (nSPS) is 17.0. The first-order valence-electron chi connectivity index (χ1n) is 20.4. The molecule has 0 saturated heterocycles. The highest BCUT2D eigenvalue weighted by Crippen LogP contribution is 2.39. The number of nitrogens with zero attached hydrogens (tertiary/aromatic N) is 4. The third-order valence-corrected chi connectivity index (χ3v) is 11.2. The molecular weight excluding hydrogens is 717 g/mol. The number of methoxy groups -OCH3 is 1. The van der Waals surface area contributed by atoms with Gasteiger partial charge in [-0.1, -0.05) is 56.2 Å². The molecule has 3 aliphatic rings. The number of rotatable bonds is 17. The number of amides is 2. The summed E-state index contributed by atoms with van der Waals surface area (Å²) >= 11 is 0. The van der Waals surface area contributed by atoms with Gasteiger partial charge in [0.1, 0.15) is 11.5 Å². The number of hydrogen-bond acceptors (Lipinski definition) is 8. The number of ether oxygens (including phenoxy) is 4. The van der Waals surface area contributed by atoms with E-state index in [0.29, 0.717) is 62.1 Å². The van der Waals surface area contributed by atoms with Crippen LogP contribution in [0.2, 0.25) is 0 Å². The largest absolute Gasteiger partial charge is 0.494 e. The van der Waals surface area contributed by atoms with E-state index < -0.39 is 0 Å². The molecule has 2 atom stereocenters. The van der Waals surface area contributed by atoms with Gasteiger partial charge in [-0.25, -0.2) is 0 Å². The fraction of sp³-hybridized carbons (Fsp3) is 0.404. The van der Waals surface area contributed by atoms with Gasteiger partial charge in [0.25, 0.3) is 5.91 Å². The number of carbonyl (C=O) groups excluding carboxylic acids is 2. The Bertz CT molecular complexity index is 2130. The van der Waals surface area contributed by atoms with E-state index in [1.165, 1.54) is 16.7 Å². The van der Waals surface area contributed by atoms with E-state index in [-0.39, 0.29) is 18.0 Å². The molecule has 3 heterocycles. The minimum atomic E-state index is -0.135. The SMILES string of the molecule is CCCCCOc1ccc2c(c1)CN1C(=O)c3cc(OC)c(OCCCCCOc4cc(N=CC5Cc6ccccc6CN5C=O)c(C)cc4C)cc3N=CC1C2. The van der Waals surface area contributed by atoms with Crippen molar-refractivity contribution in [2.75, 3.05) is 26.9 Å². The van der Waals surface area contributed by atoms with Crippen LogP contribution in [0, 0.1) is 13.8 Å². The molecule has 0 saturated carbocycles. The predicted molar refractivity (Wildman–Crippen MR) is 224 cm³/mol. The number of benzene rings is 4. The first-order valence-corrected chi connectivity index (χ1v) is 20.4. The van der Waals surface area contributed by atoms with Crippen LogP contribution in [0.3, 0.4) is 0 Å². The topological polar surface area (TPSA) is 102 Å². The Morgan fingerprint density at radius 2 is 1.53 bits per heavy atom. The zero-order chi connectivity index (χ0) is 39.7. The molecular formula is C47H54N4O6. The lowest BCUT2D eigenvalue weighted by Crippen LogP contribution is -2.44. The number of unbranched alkanes of at least 4 members (excludes halogenated alkanes) is 4. The Kier molecular flexibility index (Phi) is 12.9. The van der Waals surface area contributed by atoms with Gasteiger partial charge in [-0.15, -0.1) is 0 Å². The second-order valence-corrected chi connectivity index (χ2v) is 15.2. The van der Waals surface area contributed by atoms with E-state index in [1.807, 2.05) is 61.5 Å². The van der Waals surface area contributed by atoms with E-state index in [4.69, 9.17) is 28.9 Å². The third-order valence-electron chi connectivity index (χ3n) is 11.2. The summed E-state index contributed by atoms with van der Waals surface area (Å²) in [6.45, 7) is 9.12. The molecule has 4 aromatic carbocycles. The zero-order valence-corrected chi connectivity index (χ0v) is 33.7. The molecule has 4 aromatic rings. The Morgan fingerprint density at radius 3 is 2.32 bits per heavy atom. The number of hydrogen-bond donors (Lipinski definition) is 0. The van der Waals surface area contributed by atoms with Crippen LogP contribution in [-0.4, -0.2) is 73.6 Å². The minimum Gasteiger partial charge on any atom is -0.494 e. The standard InChI is InChI=1S/C47H54N4O6/c1-5-6-10-17-55-40-16-15-35-22-39-28-49-43-26-46(45(54-4)24-41(43)47(53)51(39)30-37(35)23-40)57-19-12-7-11-18-56-44-25-42(32(2)20-33(44)3)48-27-38-21-34-13-8-9-14-36(34)29-50(38)31-52/h8-9,13-16,20,23-28,31,38-39H,5-7,10-12,17-19,21-22,29-30H2,1-4H3. The van der Waals surface area contributed by atoms with Crippen molar-refractivity contribution in [2.24, 2.45) is 9.98 Å². The molecule has 298 valence electrons. The zero-order valence-electron chi connectivity index (χ0n) is 33.7. The maximum absolute atomic E-state index is 14.0. The summed E-state index contributed by atoms with van der Waals surface area (Å²) in [5.74, 6) is 2.68. The van der Waals surface area contributed by atoms with Crippen LogP contribution in [0.25, 0.3) is 0 Å². The quantitative estimate of drug-likeness (QED) is 0.0604. The van der Waals surface area contributed by atoms with Gasteiger partial charge in [0, 0.05) is 37.7 Å². The summed E-state index contributed by atoms with van der Waals surface area (Å²) in [5, 5.41) is 0. The van der Waals surface area contributed by atoms with Crippen LogP contribution in [-0.2, 0) is 30.7 Å². The molecule has 0 spiro atoms. The molecule has 0 aliphatic carbocycles. The summed E-state index contributed by atoms with van der Waals surface area (Å²) < 4.78 is 24.1. The Labute approximate surface area is 336 Å². The van der Waals surface area contributed by atoms with Gasteiger partial charge in [0.05, 0.1) is 56.0 Å². The molecule has 10 nitrogen and oxygen atoms in total. The fourth-order valence-electron chi connectivity index (χ4n) is 7.84. The number of carbonyl (C=O) groups is 2. The molecule has 0 N–H and O–H groups in total. The van der Waals surface area contributed by atoms with Crippen LogP contribution >= 0.6 is 0 Å². The van der Waals surface area contributed by atoms with Crippen molar-refractivity contribution < 1.29 is 28.5 Å². The highest BCUT2D eigenvalue weighted by Gasteiger charge is 2.33. The predicted octanol–water partition coefficient (Wildman–Crippen LogP) is 9.08. The van der Waals surface area contributed by atoms with Crippen molar-refractivity contribution in [3.63, 3.8) is 0 Å². The van der Waals surface area contributed by atoms with Crippen molar-refractivity contribution in [1.82, 2.24) is 9.80 Å². The summed E-state index contributed by atoms with van der Waals surface area (Å²) in [7, 11) is 1.59. The second kappa shape index (κ2) is 18.5. The van der Waals surface area contributed by atoms with Crippen LogP contribution in [0.5, 0.6) is 23.0 Å². The average Bonchev–Trinajstić information content (AvgIpc) is 3.35. The van der Waals surface area contributed by atoms with Gasteiger partial charge in [-0.3, -0.25) is 19.6 Å². The Balaban J connectivity index is 0.904. The molecule has 0 aromatic heterocycles. The van der Waals surface area contributed by atoms with Crippen molar-refractivity contribution in [3.8, 4) is 23.0 Å². The molecule has 2 amide bonds. The highest BCUT2D eigenvalue weighted by atomic mass is 16.5. The molecule has 0 fully saturated rings. The summed E-state index contributed by atoms with van der Waals surface area (Å²) in [5.41, 5.74) is 8.82. The average molecular weight is 771 g/mol. The first-order chi connectivity index (χ1) is 27.8. The van der Waals surface area contributed by atoms with Crippen LogP contribution < -0.4 is 18.9 Å². The minimum absolute atomic E-state index is 0.0695. The number of aliphatic imine (C=N–C) groups is 2. The molecule has 7 rings (SSSR count). The van der Waals surface area contributed by atoms with Gasteiger partial charge in [0.2, 0.25) is 6.41 Å². The van der Waals surface area contributed by atoms with Crippen LogP contribution in [0.4, 0.5) is 11.4 Å². The lowest BCUT2D eigenvalue weighted by molar-refractivity contribution is -0.119. The van der Waals surface area contributed by atoms with Gasteiger partial charge in [-0.2, -0.15) is 0 Å². The van der Waals surface area contributed by atoms with Crippen molar-refractivity contribution >= 4 is 36.1 Å². The van der Waals surface area contributed by atoms with E-state index in [0.717, 1.165) is 85.2 Å². The lowest BCUT2D eigenvalue weighted by Gasteiger charge is -2.34. The number of fused-ring (bicyclic) bond motifs is 4. The molecule has 0 radical (unpaired) electrons. The highest BCUT2D eigenvalue weighted by molar-refractivity contribution is 6.03. The van der Waals surface area contributed by atoms with Gasteiger partial charge in [0.15, 0.2) is 11.5 Å². The number of aryl methyl sites for hydroxylation is 2. The van der Waals surface area contributed by atoms with Crippen LogP contribution in [0.1, 0.15) is 89.2 Å². The van der Waals surface area contributed by atoms with E-state index >= 15 is 0 Å². The van der Waals surface area contributed by atoms with Crippen molar-refractivity contribution in [2.45, 2.75) is 97.3 Å². The van der Waals surface area contributed by atoms with E-state index in [9.17, 15) is 9.59 Å². The molecule has 2 unspecified atom stereocenters. The van der Waals surface area contributed by atoms with E-state index in [1.54, 1.807) is 18.1 Å². The smallest absolute Gasteiger partial charge is 0.257 e. The fourth-order valence-corrected chi connectivity index (χ4v) is 7.84. The monoisotopic (exact) mass is 770 g/mol. The molecule has 10 heteroatoms. The van der Waals surface area contributed by atoms with Crippen molar-refractivity contribution in [1.29, 1.82) is 0 Å². The maximum Gasteiger partial charge on any atom is 0.257 e. The molecule has 57 heavy (non-hydrogen) atoms. The molecule has 3 aliphatic heterocycles. The summed E-state index contributed by atoms with van der Waals surface area (Å²) in [6.07, 6.45) is 12.1. The lowest BCUT2D eigenvalue weighted by atomic mass is 9.93. The van der Waals surface area contributed by atoms with Crippen molar-refractivity contribution in [3.05, 3.63) is 106 Å². The summed E-state index contributed by atoms with van der Waals surface area (Å²) in [6, 6.07) is 21.9. The van der Waals surface area contributed by atoms with Gasteiger partial charge < -0.3 is 28.7 Å². The maximum atomic E-state index is 14.0. The van der Waals surface area contributed by atoms with Gasteiger partial charge >= 0.3 is 0 Å². The Hall–Kier alpha value is -5.64. The summed E-state index contributed by atoms with van der Waals surface area (Å²) in [4.78, 5) is 39.1. The third kappa shape index (κ3) is 9.33. The molecule has 0 bridgehead atoms. The first kappa shape index (κ1) is 39.6. The van der Waals surface area contributed by atoms with Gasteiger partial charge in [-0.05, 0) is 104 Å². The second-order valence-electron chi connectivity index (χ2n) is 15.2. The van der Waals surface area contributed by atoms with E-state index in [2.05, 4.69) is 37.3 Å². The Morgan fingerprint density at radius 1 is 0.772 bits per heavy atom. The van der Waals surface area contributed by atoms with Crippen LogP contribution in [0.15, 0.2) is 76.7 Å².